The van der Waals surface area contributed by atoms with Crippen LogP contribution in [0, 0.1) is 6.92 Å². The molecule has 0 saturated carbocycles. The van der Waals surface area contributed by atoms with Crippen LogP contribution in [-0.2, 0) is 16.2 Å². The molecule has 1 N–H and O–H groups in total. The molecule has 1 atom stereocenters. The molecule has 1 aromatic carbocycles. The molecule has 0 saturated heterocycles. The minimum Gasteiger partial charge on any atom is -0.382 e. The normalized spacial score (nSPS) is 16.7. The summed E-state index contributed by atoms with van der Waals surface area (Å²) in [5.74, 6) is -0.285. The lowest BCUT2D eigenvalue weighted by atomic mass is 10.1. The van der Waals surface area contributed by atoms with Gasteiger partial charge in [0.25, 0.3) is 5.91 Å². The van der Waals surface area contributed by atoms with E-state index in [0.717, 1.165) is 23.5 Å². The van der Waals surface area contributed by atoms with E-state index in [0.29, 0.717) is 22.2 Å². The van der Waals surface area contributed by atoms with E-state index in [9.17, 15) is 4.79 Å². The van der Waals surface area contributed by atoms with E-state index in [1.165, 1.54) is 0 Å². The Kier molecular flexibility index (Phi) is 4.78. The van der Waals surface area contributed by atoms with Gasteiger partial charge in [0.2, 0.25) is 6.10 Å². The number of nitrogens with one attached hydrogen (secondary N) is 1. The van der Waals surface area contributed by atoms with Crippen molar-refractivity contribution in [3.63, 3.8) is 0 Å². The van der Waals surface area contributed by atoms with Gasteiger partial charge < -0.3 is 10.2 Å². The molecule has 2 heterocycles. The predicted octanol–water partition coefficient (Wildman–Crippen LogP) is 3.65. The van der Waals surface area contributed by atoms with Gasteiger partial charge in [0.15, 0.2) is 0 Å². The van der Waals surface area contributed by atoms with E-state index in [1.54, 1.807) is 24.4 Å². The molecule has 0 radical (unpaired) electrons. The summed E-state index contributed by atoms with van der Waals surface area (Å²) in [7, 11) is 0. The number of oxime groups is 1. The second-order valence-corrected chi connectivity index (χ2v) is 6.23. The van der Waals surface area contributed by atoms with Gasteiger partial charge in [0, 0.05) is 29.9 Å². The molecule has 1 amide bonds. The molecule has 3 rings (SSSR count). The number of aryl methyl sites for hydroxylation is 1. The standard InChI is InChI=1S/C16H16Cl2N4O2/c1-3-22-9(2)11(8-19-22)14-7-15(24-21-14)16(23)20-10-4-5-12(17)13(18)6-10/h4-6,8,15H,3,7H2,1-2H3,(H,20,23)/t15-/m0/s1. The summed E-state index contributed by atoms with van der Waals surface area (Å²) in [4.78, 5) is 17.6. The van der Waals surface area contributed by atoms with Gasteiger partial charge >= 0.3 is 0 Å². The lowest BCUT2D eigenvalue weighted by Gasteiger charge is -2.10. The smallest absolute Gasteiger partial charge is 0.268 e. The number of aromatic nitrogens is 2. The molecule has 8 heteroatoms. The van der Waals surface area contributed by atoms with Crippen LogP contribution in [0.25, 0.3) is 0 Å². The van der Waals surface area contributed by atoms with Crippen molar-refractivity contribution >= 4 is 40.5 Å². The molecule has 6 nitrogen and oxygen atoms in total. The van der Waals surface area contributed by atoms with E-state index in [4.69, 9.17) is 28.0 Å². The average molecular weight is 367 g/mol. The molecule has 0 spiro atoms. The van der Waals surface area contributed by atoms with Crippen LogP contribution in [-0.4, -0.2) is 27.5 Å². The highest BCUT2D eigenvalue weighted by molar-refractivity contribution is 6.42. The van der Waals surface area contributed by atoms with E-state index < -0.39 is 6.10 Å². The molecule has 1 aliphatic rings. The number of halogens is 2. The quantitative estimate of drug-likeness (QED) is 0.897. The second kappa shape index (κ2) is 6.83. The molecule has 0 fully saturated rings. The van der Waals surface area contributed by atoms with Crippen molar-refractivity contribution in [2.24, 2.45) is 5.16 Å². The van der Waals surface area contributed by atoms with Crippen molar-refractivity contribution in [2.75, 3.05) is 5.32 Å². The minimum absolute atomic E-state index is 0.285. The van der Waals surface area contributed by atoms with Crippen molar-refractivity contribution in [1.82, 2.24) is 9.78 Å². The molecule has 0 bridgehead atoms. The zero-order valence-electron chi connectivity index (χ0n) is 13.2. The fraction of sp³-hybridized carbons (Fsp3) is 0.312. The SMILES string of the molecule is CCn1ncc(C2=NO[C@H](C(=O)Nc3ccc(Cl)c(Cl)c3)C2)c1C. The van der Waals surface area contributed by atoms with Gasteiger partial charge in [-0.2, -0.15) is 5.10 Å². The number of carbonyl (C=O) groups is 1. The Labute approximate surface area is 149 Å². The van der Waals surface area contributed by atoms with Gasteiger partial charge in [-0.3, -0.25) is 9.48 Å². The average Bonchev–Trinajstić information content (AvgIpc) is 3.17. The Bertz CT molecular complexity index is 816. The summed E-state index contributed by atoms with van der Waals surface area (Å²) in [5, 5.41) is 11.9. The molecule has 1 aromatic heterocycles. The van der Waals surface area contributed by atoms with E-state index in [2.05, 4.69) is 15.6 Å². The van der Waals surface area contributed by atoms with Crippen LogP contribution in [0.15, 0.2) is 29.6 Å². The van der Waals surface area contributed by atoms with Gasteiger partial charge in [-0.15, -0.1) is 0 Å². The highest BCUT2D eigenvalue weighted by atomic mass is 35.5. The molecular weight excluding hydrogens is 351 g/mol. The van der Waals surface area contributed by atoms with Crippen molar-refractivity contribution in [1.29, 1.82) is 0 Å². The number of hydrogen-bond acceptors (Lipinski definition) is 4. The second-order valence-electron chi connectivity index (χ2n) is 5.41. The monoisotopic (exact) mass is 366 g/mol. The summed E-state index contributed by atoms with van der Waals surface area (Å²) < 4.78 is 1.88. The van der Waals surface area contributed by atoms with Crippen LogP contribution < -0.4 is 5.32 Å². The summed E-state index contributed by atoms with van der Waals surface area (Å²) in [6.45, 7) is 4.77. The molecule has 24 heavy (non-hydrogen) atoms. The lowest BCUT2D eigenvalue weighted by molar-refractivity contribution is -0.125. The minimum atomic E-state index is -0.682. The number of nitrogens with zero attached hydrogens (tertiary/aromatic N) is 3. The zero-order valence-corrected chi connectivity index (χ0v) is 14.7. The largest absolute Gasteiger partial charge is 0.382 e. The van der Waals surface area contributed by atoms with Gasteiger partial charge in [-0.1, -0.05) is 28.4 Å². The first-order chi connectivity index (χ1) is 11.5. The van der Waals surface area contributed by atoms with Crippen LogP contribution in [0.4, 0.5) is 5.69 Å². The Hall–Kier alpha value is -2.05. The van der Waals surface area contributed by atoms with Crippen molar-refractivity contribution < 1.29 is 9.63 Å². The fourth-order valence-corrected chi connectivity index (χ4v) is 2.82. The van der Waals surface area contributed by atoms with E-state index in [-0.39, 0.29) is 5.91 Å². The lowest BCUT2D eigenvalue weighted by Crippen LogP contribution is -2.28. The van der Waals surface area contributed by atoms with Gasteiger partial charge in [-0.25, -0.2) is 0 Å². The zero-order chi connectivity index (χ0) is 17.3. The van der Waals surface area contributed by atoms with Gasteiger partial charge in [0.1, 0.15) is 0 Å². The highest BCUT2D eigenvalue weighted by Gasteiger charge is 2.30. The first-order valence-corrected chi connectivity index (χ1v) is 8.26. The third-order valence-electron chi connectivity index (χ3n) is 3.86. The number of hydrogen-bond donors (Lipinski definition) is 1. The molecule has 126 valence electrons. The Balaban J connectivity index is 1.66. The first-order valence-electron chi connectivity index (χ1n) is 7.51. The molecule has 1 aliphatic heterocycles. The molecular formula is C16H16Cl2N4O2. The van der Waals surface area contributed by atoms with Crippen LogP contribution >= 0.6 is 23.2 Å². The summed E-state index contributed by atoms with van der Waals surface area (Å²) in [6, 6.07) is 4.89. The van der Waals surface area contributed by atoms with Gasteiger partial charge in [-0.05, 0) is 32.0 Å². The first kappa shape index (κ1) is 16.8. The summed E-state index contributed by atoms with van der Waals surface area (Å²) in [5.41, 5.74) is 3.19. The maximum Gasteiger partial charge on any atom is 0.268 e. The third-order valence-corrected chi connectivity index (χ3v) is 4.60. The summed E-state index contributed by atoms with van der Waals surface area (Å²) in [6.07, 6.45) is 1.46. The summed E-state index contributed by atoms with van der Waals surface area (Å²) >= 11 is 11.8. The Morgan fingerprint density at radius 1 is 1.42 bits per heavy atom. The number of amides is 1. The third kappa shape index (κ3) is 3.25. The van der Waals surface area contributed by atoms with Gasteiger partial charge in [0.05, 0.1) is 22.0 Å². The van der Waals surface area contributed by atoms with E-state index in [1.807, 2.05) is 18.5 Å². The topological polar surface area (TPSA) is 68.5 Å². The fourth-order valence-electron chi connectivity index (χ4n) is 2.52. The Morgan fingerprint density at radius 2 is 2.21 bits per heavy atom. The van der Waals surface area contributed by atoms with Crippen molar-refractivity contribution in [3.8, 4) is 0 Å². The molecule has 0 aliphatic carbocycles. The number of benzene rings is 1. The van der Waals surface area contributed by atoms with Crippen molar-refractivity contribution in [2.45, 2.75) is 32.9 Å². The van der Waals surface area contributed by atoms with Crippen molar-refractivity contribution in [3.05, 3.63) is 45.7 Å². The van der Waals surface area contributed by atoms with E-state index >= 15 is 0 Å². The highest BCUT2D eigenvalue weighted by Crippen LogP contribution is 2.26. The maximum atomic E-state index is 12.3. The Morgan fingerprint density at radius 3 is 2.88 bits per heavy atom. The van der Waals surface area contributed by atoms with Crippen LogP contribution in [0.1, 0.15) is 24.6 Å². The molecule has 2 aromatic rings. The molecule has 0 unspecified atom stereocenters. The number of anilines is 1. The number of rotatable bonds is 4. The van der Waals surface area contributed by atoms with Crippen LogP contribution in [0.2, 0.25) is 10.0 Å². The predicted molar refractivity (Wildman–Crippen MR) is 93.8 cm³/mol. The maximum absolute atomic E-state index is 12.3. The van der Waals surface area contributed by atoms with Crippen LogP contribution in [0.5, 0.6) is 0 Å². The van der Waals surface area contributed by atoms with Crippen LogP contribution in [0.3, 0.4) is 0 Å². The number of carbonyl (C=O) groups excluding carboxylic acids is 1.